The molecular weight excluding hydrogens is 664 g/mol. The van der Waals surface area contributed by atoms with Gasteiger partial charge in [-0.25, -0.2) is 0 Å². The zero-order chi connectivity index (χ0) is 33.1. The molecule has 2 heterocycles. The molecule has 0 amide bonds. The van der Waals surface area contributed by atoms with Crippen LogP contribution in [0.15, 0.2) is 48.5 Å². The topological polar surface area (TPSA) is 107 Å². The summed E-state index contributed by atoms with van der Waals surface area (Å²) in [5, 5.41) is 29.0. The van der Waals surface area contributed by atoms with E-state index in [1.807, 2.05) is 24.3 Å². The summed E-state index contributed by atoms with van der Waals surface area (Å²) < 4.78 is 27.6. The number of hydrogen-bond acceptors (Lipinski definition) is 8. The average molecular weight is 722 g/mol. The third-order valence-electron chi connectivity index (χ3n) is 9.42. The fourth-order valence-corrected chi connectivity index (χ4v) is 6.79. The molecule has 0 spiro atoms. The molecule has 0 aromatic heterocycles. The molecule has 2 aromatic carbocycles. The van der Waals surface area contributed by atoms with Gasteiger partial charge in [-0.2, -0.15) is 0 Å². The maximum Gasteiger partial charge on any atom is 0.157 e. The number of aliphatic hydroxyl groups is 2. The summed E-state index contributed by atoms with van der Waals surface area (Å²) in [6, 6.07) is 15.8. The lowest BCUT2D eigenvalue weighted by atomic mass is 9.83. The predicted molar refractivity (Wildman–Crippen MR) is 187 cm³/mol. The third-order valence-corrected chi connectivity index (χ3v) is 9.75. The second-order valence-corrected chi connectivity index (χ2v) is 13.8. The molecule has 3 N–H and O–H groups in total. The maximum atomic E-state index is 9.59. The Morgan fingerprint density at radius 2 is 1.04 bits per heavy atom. The minimum Gasteiger partial charge on any atom is -0.508 e. The van der Waals surface area contributed by atoms with Crippen molar-refractivity contribution >= 4 is 15.9 Å². The minimum absolute atomic E-state index is 0.0450. The van der Waals surface area contributed by atoms with Crippen LogP contribution < -0.4 is 4.74 Å². The Hall–Kier alpha value is -1.72. The van der Waals surface area contributed by atoms with Gasteiger partial charge >= 0.3 is 0 Å². The van der Waals surface area contributed by atoms with Gasteiger partial charge in [-0.15, -0.1) is 0 Å². The quantitative estimate of drug-likeness (QED) is 0.168. The molecule has 0 radical (unpaired) electrons. The van der Waals surface area contributed by atoms with Crippen LogP contribution in [-0.2, 0) is 18.9 Å². The molecule has 6 rings (SSSR count). The highest BCUT2D eigenvalue weighted by molar-refractivity contribution is 9.09. The van der Waals surface area contributed by atoms with Crippen LogP contribution in [0.25, 0.3) is 0 Å². The van der Waals surface area contributed by atoms with Gasteiger partial charge in [0.25, 0.3) is 0 Å². The van der Waals surface area contributed by atoms with Crippen molar-refractivity contribution in [1.82, 2.24) is 0 Å². The van der Waals surface area contributed by atoms with Gasteiger partial charge in [0.1, 0.15) is 18.1 Å². The zero-order valence-electron chi connectivity index (χ0n) is 28.0. The normalized spacial score (nSPS) is 27.8. The molecule has 9 heteroatoms. The molecule has 2 aliphatic carbocycles. The SMILES string of the molecule is BrCCOC1CCCCO1.OC1CCC(c2ccc(OCCOC3CCCCO3)cc2)CC1.Oc1ccc(C2CCC(O)CC2)cc1. The first kappa shape index (κ1) is 38.1. The summed E-state index contributed by atoms with van der Waals surface area (Å²) in [6.07, 6.45) is 14.6. The first-order valence-corrected chi connectivity index (χ1v) is 19.0. The number of halogens is 1. The maximum absolute atomic E-state index is 9.59. The number of ether oxygens (including phenoxy) is 5. The standard InChI is InChI=1S/C19H28O4.C12H16O2.C7H13BrO2/c20-17-8-4-15(5-9-17)16-6-10-18(11-7-16)21-13-14-23-19-3-1-2-12-22-19;13-11-5-1-9(2-6-11)10-3-7-12(14)8-4-10;8-4-6-10-7-3-1-2-5-9-7/h6-7,10-11,15,17,19-20H,1-5,8-9,12-14H2;1-2,5-6,10,12-14H,3-4,7-8H2;7H,1-6H2. The highest BCUT2D eigenvalue weighted by Crippen LogP contribution is 2.34. The summed E-state index contributed by atoms with van der Waals surface area (Å²) in [5.74, 6) is 2.36. The molecule has 2 atom stereocenters. The molecule has 8 nitrogen and oxygen atoms in total. The lowest BCUT2D eigenvalue weighted by molar-refractivity contribution is -0.165. The van der Waals surface area contributed by atoms with Crippen molar-refractivity contribution in [3.8, 4) is 11.5 Å². The fraction of sp³-hybridized carbons (Fsp3) is 0.684. The minimum atomic E-state index is -0.0954. The van der Waals surface area contributed by atoms with Crippen molar-refractivity contribution in [3.63, 3.8) is 0 Å². The van der Waals surface area contributed by atoms with Crippen molar-refractivity contribution in [2.45, 2.75) is 127 Å². The Morgan fingerprint density at radius 1 is 0.574 bits per heavy atom. The summed E-state index contributed by atoms with van der Waals surface area (Å²) in [7, 11) is 0. The van der Waals surface area contributed by atoms with Crippen LogP contribution in [0.5, 0.6) is 11.5 Å². The number of phenolic OH excluding ortho intramolecular Hbond substituents is 1. The molecule has 2 aliphatic heterocycles. The Balaban J connectivity index is 0.000000177. The first-order chi connectivity index (χ1) is 23.0. The Bertz CT molecular complexity index is 1060. The molecule has 264 valence electrons. The van der Waals surface area contributed by atoms with E-state index in [0.717, 1.165) is 102 Å². The van der Waals surface area contributed by atoms with Crippen molar-refractivity contribution in [1.29, 1.82) is 0 Å². The van der Waals surface area contributed by atoms with Crippen LogP contribution in [0.2, 0.25) is 0 Å². The van der Waals surface area contributed by atoms with E-state index in [1.54, 1.807) is 12.1 Å². The lowest BCUT2D eigenvalue weighted by Gasteiger charge is -2.25. The van der Waals surface area contributed by atoms with Crippen molar-refractivity contribution < 1.29 is 39.0 Å². The van der Waals surface area contributed by atoms with Crippen LogP contribution >= 0.6 is 15.9 Å². The van der Waals surface area contributed by atoms with E-state index < -0.39 is 0 Å². The van der Waals surface area contributed by atoms with Gasteiger partial charge in [0.05, 0.1) is 25.4 Å². The molecule has 2 unspecified atom stereocenters. The van der Waals surface area contributed by atoms with E-state index >= 15 is 0 Å². The van der Waals surface area contributed by atoms with Gasteiger partial charge in [-0.1, -0.05) is 40.2 Å². The monoisotopic (exact) mass is 720 g/mol. The summed E-state index contributed by atoms with van der Waals surface area (Å²) in [6.45, 7) is 3.55. The van der Waals surface area contributed by atoms with Crippen LogP contribution in [0.3, 0.4) is 0 Å². The number of benzene rings is 2. The van der Waals surface area contributed by atoms with E-state index in [4.69, 9.17) is 28.8 Å². The number of aromatic hydroxyl groups is 1. The van der Waals surface area contributed by atoms with Crippen LogP contribution in [0, 0.1) is 0 Å². The number of rotatable bonds is 10. The highest BCUT2D eigenvalue weighted by atomic mass is 79.9. The van der Waals surface area contributed by atoms with Crippen molar-refractivity contribution in [3.05, 3.63) is 59.7 Å². The number of hydrogen-bond donors (Lipinski definition) is 3. The smallest absolute Gasteiger partial charge is 0.157 e. The second kappa shape index (κ2) is 22.1. The van der Waals surface area contributed by atoms with Crippen LogP contribution in [0.1, 0.15) is 113 Å². The van der Waals surface area contributed by atoms with Gasteiger partial charge in [-0.05, 0) is 137 Å². The predicted octanol–water partition coefficient (Wildman–Crippen LogP) is 7.96. The van der Waals surface area contributed by atoms with E-state index in [2.05, 4.69) is 28.1 Å². The van der Waals surface area contributed by atoms with Crippen molar-refractivity contribution in [2.24, 2.45) is 0 Å². The summed E-state index contributed by atoms with van der Waals surface area (Å²) >= 11 is 3.30. The molecule has 47 heavy (non-hydrogen) atoms. The molecule has 4 aliphatic rings. The van der Waals surface area contributed by atoms with Gasteiger partial charge in [0.15, 0.2) is 12.6 Å². The van der Waals surface area contributed by atoms with E-state index in [-0.39, 0.29) is 24.8 Å². The summed E-state index contributed by atoms with van der Waals surface area (Å²) in [4.78, 5) is 0. The van der Waals surface area contributed by atoms with Gasteiger partial charge in [-0.3, -0.25) is 0 Å². The van der Waals surface area contributed by atoms with E-state index in [9.17, 15) is 10.2 Å². The lowest BCUT2D eigenvalue weighted by Crippen LogP contribution is -2.24. The number of aliphatic hydroxyl groups excluding tert-OH is 2. The fourth-order valence-electron chi connectivity index (χ4n) is 6.60. The van der Waals surface area contributed by atoms with Crippen LogP contribution in [-0.4, -0.2) is 78.5 Å². The molecule has 2 aromatic rings. The van der Waals surface area contributed by atoms with Gasteiger partial charge in [0.2, 0.25) is 0 Å². The van der Waals surface area contributed by atoms with Gasteiger partial charge < -0.3 is 39.0 Å². The van der Waals surface area contributed by atoms with E-state index in [1.165, 1.54) is 30.4 Å². The zero-order valence-corrected chi connectivity index (χ0v) is 29.6. The number of alkyl halides is 1. The first-order valence-electron chi connectivity index (χ1n) is 17.9. The second-order valence-electron chi connectivity index (χ2n) is 13.0. The van der Waals surface area contributed by atoms with Crippen molar-refractivity contribution in [2.75, 3.05) is 38.4 Å². The largest absolute Gasteiger partial charge is 0.508 e. The Morgan fingerprint density at radius 3 is 1.49 bits per heavy atom. The Kier molecular flexibility index (Phi) is 17.9. The molecule has 0 bridgehead atoms. The summed E-state index contributed by atoms with van der Waals surface area (Å²) in [5.41, 5.74) is 2.64. The number of phenols is 1. The average Bonchev–Trinajstić information content (AvgIpc) is 3.12. The highest BCUT2D eigenvalue weighted by Gasteiger charge is 2.22. The molecular formula is C38H57BrO8. The third kappa shape index (κ3) is 14.7. The molecule has 4 fully saturated rings. The van der Waals surface area contributed by atoms with E-state index in [0.29, 0.717) is 30.8 Å². The molecule has 2 saturated heterocycles. The molecule has 2 saturated carbocycles. The van der Waals surface area contributed by atoms with Crippen LogP contribution in [0.4, 0.5) is 0 Å². The Labute approximate surface area is 290 Å². The van der Waals surface area contributed by atoms with Gasteiger partial charge in [0, 0.05) is 18.5 Å².